The maximum absolute atomic E-state index is 13.0. The molecular weight excluding hydrogens is 945 g/mol. The number of aliphatic hydroxyl groups excluding tert-OH is 1. The second kappa shape index (κ2) is 21.0. The minimum absolute atomic E-state index is 0.0717. The number of fused-ring (bicyclic) bond motifs is 10. The van der Waals surface area contributed by atoms with Crippen molar-refractivity contribution in [1.29, 1.82) is 0 Å². The lowest BCUT2D eigenvalue weighted by molar-refractivity contribution is -0.316. The van der Waals surface area contributed by atoms with Crippen molar-refractivity contribution in [3.63, 3.8) is 0 Å². The number of ether oxygens (including phenoxy) is 11. The number of benzene rings is 2. The smallest absolute Gasteiger partial charge is 0.338 e. The Hall–Kier alpha value is -3.54. The van der Waals surface area contributed by atoms with Gasteiger partial charge in [0.05, 0.1) is 109 Å². The number of aliphatic hydroxyl groups is 1. The third kappa shape index (κ3) is 10.5. The van der Waals surface area contributed by atoms with Gasteiger partial charge in [0.25, 0.3) is 0 Å². The van der Waals surface area contributed by atoms with Crippen molar-refractivity contribution >= 4 is 22.7 Å². The number of carbonyl (C=O) groups is 2. The van der Waals surface area contributed by atoms with E-state index in [4.69, 9.17) is 52.1 Å². The van der Waals surface area contributed by atoms with Crippen LogP contribution in [0.15, 0.2) is 78.9 Å². The number of hydrogen-bond donors (Lipinski definition) is 1. The Labute approximate surface area is 436 Å². The molecule has 8 saturated heterocycles. The van der Waals surface area contributed by atoms with Gasteiger partial charge in [-0.15, -0.1) is 0 Å². The molecule has 2 aromatic rings. The van der Waals surface area contributed by atoms with Crippen LogP contribution in [0.4, 0.5) is 0 Å². The van der Waals surface area contributed by atoms with Crippen LogP contribution in [-0.4, -0.2) is 145 Å². The third-order valence-electron chi connectivity index (χ3n) is 18.4. The van der Waals surface area contributed by atoms with E-state index in [9.17, 15) is 14.7 Å². The van der Waals surface area contributed by atoms with E-state index < -0.39 is 29.4 Å². The predicted molar refractivity (Wildman–Crippen MR) is 272 cm³/mol. The highest BCUT2D eigenvalue weighted by Gasteiger charge is 2.57. The molecule has 10 aliphatic rings. The normalized spacial score (nSPS) is 46.1. The summed E-state index contributed by atoms with van der Waals surface area (Å²) in [5.41, 5.74) is 0.0785. The summed E-state index contributed by atoms with van der Waals surface area (Å²) in [4.78, 5) is 25.3. The molecule has 10 aliphatic heterocycles. The molecule has 9 unspecified atom stereocenters. The predicted octanol–water partition coefficient (Wildman–Crippen LogP) is 8.76. The molecule has 0 aliphatic carbocycles. The maximum atomic E-state index is 13.0. The van der Waals surface area contributed by atoms with Crippen molar-refractivity contribution in [2.24, 2.45) is 11.8 Å². The lowest BCUT2D eigenvalue weighted by Gasteiger charge is -2.55. The average molecular weight is 1020 g/mol. The Bertz CT molecular complexity index is 2440. The summed E-state index contributed by atoms with van der Waals surface area (Å²) in [6.07, 6.45) is 14.6. The second-order valence-corrected chi connectivity index (χ2v) is 24.3. The SMILES string of the molecule is C=C(COC(=O)c1ccc2ccccc2c1)C[C@@H]1C[C@H](O)[C@@H]2O[C@@H]3C[C@]4(C)O[C@@H]5C=CC[C@@H]6O[C@H]7C(CC=CCC6OC5CCCC4OC3CC2O1)OC1CC2OC3CC(=O)O[C@H]3C[C@@H](C)C[C@@]2(C)O[C@H]1C[C@@H]7C. The van der Waals surface area contributed by atoms with Gasteiger partial charge in [0, 0.05) is 25.7 Å². The van der Waals surface area contributed by atoms with Crippen LogP contribution in [0.2, 0.25) is 0 Å². The van der Waals surface area contributed by atoms with Crippen molar-refractivity contribution in [1.82, 2.24) is 0 Å². The molecule has 0 bridgehead atoms. The fourth-order valence-electron chi connectivity index (χ4n) is 14.8. The van der Waals surface area contributed by atoms with Gasteiger partial charge in [0.2, 0.25) is 0 Å². The van der Waals surface area contributed by atoms with Gasteiger partial charge in [-0.2, -0.15) is 0 Å². The molecule has 10 heterocycles. The molecule has 2 aromatic carbocycles. The van der Waals surface area contributed by atoms with E-state index in [1.165, 1.54) is 0 Å². The highest BCUT2D eigenvalue weighted by Crippen LogP contribution is 2.49. The molecule has 0 amide bonds. The van der Waals surface area contributed by atoms with E-state index in [1.54, 1.807) is 6.07 Å². The maximum Gasteiger partial charge on any atom is 0.338 e. The third-order valence-corrected chi connectivity index (χ3v) is 18.4. The first-order valence-corrected chi connectivity index (χ1v) is 28.2. The van der Waals surface area contributed by atoms with E-state index >= 15 is 0 Å². The van der Waals surface area contributed by atoms with Gasteiger partial charge >= 0.3 is 11.9 Å². The van der Waals surface area contributed by atoms with Crippen molar-refractivity contribution in [3.05, 3.63) is 84.5 Å². The van der Waals surface area contributed by atoms with E-state index in [2.05, 4.69) is 58.6 Å². The zero-order valence-corrected chi connectivity index (χ0v) is 43.7. The van der Waals surface area contributed by atoms with Crippen molar-refractivity contribution in [3.8, 4) is 0 Å². The quantitative estimate of drug-likeness (QED) is 0.224. The van der Waals surface area contributed by atoms with Gasteiger partial charge in [-0.3, -0.25) is 4.79 Å². The summed E-state index contributed by atoms with van der Waals surface area (Å²) >= 11 is 0. The lowest BCUT2D eigenvalue weighted by atomic mass is 9.78. The van der Waals surface area contributed by atoms with Crippen molar-refractivity contribution in [2.45, 2.75) is 245 Å². The van der Waals surface area contributed by atoms with Gasteiger partial charge in [0.15, 0.2) is 0 Å². The van der Waals surface area contributed by atoms with Crippen LogP contribution < -0.4 is 0 Å². The molecule has 0 radical (unpaired) electrons. The average Bonchev–Trinajstić information content (AvgIpc) is 3.67. The molecule has 0 saturated carbocycles. The molecule has 14 nitrogen and oxygen atoms in total. The zero-order valence-electron chi connectivity index (χ0n) is 43.7. The Morgan fingerprint density at radius 3 is 2.28 bits per heavy atom. The molecule has 8 fully saturated rings. The number of rotatable bonds is 5. The van der Waals surface area contributed by atoms with Crippen LogP contribution in [-0.2, 0) is 56.9 Å². The van der Waals surface area contributed by atoms with Crippen LogP contribution in [0, 0.1) is 11.8 Å². The Balaban J connectivity index is 0.669. The van der Waals surface area contributed by atoms with E-state index in [0.717, 1.165) is 67.7 Å². The van der Waals surface area contributed by atoms with Crippen LogP contribution in [0.25, 0.3) is 10.8 Å². The van der Waals surface area contributed by atoms with Crippen molar-refractivity contribution in [2.75, 3.05) is 6.61 Å². The zero-order chi connectivity index (χ0) is 50.9. The van der Waals surface area contributed by atoms with Gasteiger partial charge in [-0.1, -0.05) is 75.1 Å². The van der Waals surface area contributed by atoms with Gasteiger partial charge in [-0.25, -0.2) is 4.79 Å². The van der Waals surface area contributed by atoms with Crippen LogP contribution >= 0.6 is 0 Å². The summed E-state index contributed by atoms with van der Waals surface area (Å²) in [7, 11) is 0. The van der Waals surface area contributed by atoms with E-state index in [0.29, 0.717) is 50.0 Å². The molecule has 22 atom stereocenters. The molecule has 1 N–H and O–H groups in total. The van der Waals surface area contributed by atoms with Crippen LogP contribution in [0.3, 0.4) is 0 Å². The topological polar surface area (TPSA) is 156 Å². The molecule has 14 heteroatoms. The minimum Gasteiger partial charge on any atom is -0.459 e. The Morgan fingerprint density at radius 2 is 1.42 bits per heavy atom. The molecule has 402 valence electrons. The molecular formula is C60H78O14. The largest absolute Gasteiger partial charge is 0.459 e. The molecule has 12 rings (SSSR count). The first-order valence-electron chi connectivity index (χ1n) is 28.2. The summed E-state index contributed by atoms with van der Waals surface area (Å²) < 4.78 is 74.5. The van der Waals surface area contributed by atoms with Gasteiger partial charge < -0.3 is 57.2 Å². The fourth-order valence-corrected chi connectivity index (χ4v) is 14.8. The fraction of sp³-hybridized carbons (Fsp3) is 0.700. The second-order valence-electron chi connectivity index (χ2n) is 24.3. The standard InChI is InChI=1S/C60H78O14/c1-33-23-46-49(29-55(62)70-46)69-54-28-48-50(74-59(54,4)30-33)24-35(3)56-45(67-48)15-9-8-14-41-42(71-56)16-10-18-44-43(66-41)17-11-19-53-60(5,73-44)31-52-47(68-53)27-51-57(72-52)40(61)26-39(65-51)22-34(2)32-64-58(63)38-21-20-36-12-6-7-13-37(36)25-38/h6-10,12-13,18,20-21,25,33,35,39-54,56-57,61H,2,11,14-17,19,22-24,26-32H2,1,3-5H3/t33-,35+,39-,40+,41?,42+,43?,44-,45?,46+,47?,48?,49?,50+,51?,52-,53?,54?,56-,57+,59-,60+/m1/s1. The monoisotopic (exact) mass is 1020 g/mol. The Morgan fingerprint density at radius 1 is 0.676 bits per heavy atom. The molecule has 74 heavy (non-hydrogen) atoms. The van der Waals surface area contributed by atoms with Crippen molar-refractivity contribution < 1.29 is 66.8 Å². The number of hydrogen-bond acceptors (Lipinski definition) is 14. The highest BCUT2D eigenvalue weighted by molar-refractivity contribution is 5.95. The first-order chi connectivity index (χ1) is 35.7. The minimum atomic E-state index is -0.731. The van der Waals surface area contributed by atoms with Crippen LogP contribution in [0.1, 0.15) is 134 Å². The number of carbonyl (C=O) groups excluding carboxylic acids is 2. The van der Waals surface area contributed by atoms with E-state index in [1.807, 2.05) is 36.4 Å². The Kier molecular flexibility index (Phi) is 14.5. The summed E-state index contributed by atoms with van der Waals surface area (Å²) in [5.74, 6) is -0.0830. The summed E-state index contributed by atoms with van der Waals surface area (Å²) in [5, 5.41) is 13.6. The van der Waals surface area contributed by atoms with Gasteiger partial charge in [-0.05, 0) is 118 Å². The highest BCUT2D eigenvalue weighted by atomic mass is 16.6. The number of esters is 2. The lowest BCUT2D eigenvalue weighted by Crippen LogP contribution is -2.65. The summed E-state index contributed by atoms with van der Waals surface area (Å²) in [6.45, 7) is 13.2. The summed E-state index contributed by atoms with van der Waals surface area (Å²) in [6, 6.07) is 13.5. The molecule has 0 aromatic heterocycles. The molecule has 0 spiro atoms. The van der Waals surface area contributed by atoms with E-state index in [-0.39, 0.29) is 123 Å². The first kappa shape index (κ1) is 51.2. The van der Waals surface area contributed by atoms with Crippen LogP contribution in [0.5, 0.6) is 0 Å². The van der Waals surface area contributed by atoms with Gasteiger partial charge in [0.1, 0.15) is 31.0 Å².